The Morgan fingerprint density at radius 3 is 1.79 bits per heavy atom. The highest BCUT2D eigenvalue weighted by atomic mass is 32.2. The summed E-state index contributed by atoms with van der Waals surface area (Å²) in [5, 5.41) is 45.4. The van der Waals surface area contributed by atoms with Gasteiger partial charge in [-0.1, -0.05) is 32.9 Å². The van der Waals surface area contributed by atoms with Gasteiger partial charge < -0.3 is 26.2 Å². The molecule has 0 bridgehead atoms. The molecule has 10 nitrogen and oxygen atoms in total. The lowest BCUT2D eigenvalue weighted by atomic mass is 10.1. The predicted molar refractivity (Wildman–Crippen MR) is 223 cm³/mol. The van der Waals surface area contributed by atoms with E-state index in [0.717, 1.165) is 148 Å². The van der Waals surface area contributed by atoms with Gasteiger partial charge in [0.15, 0.2) is 11.3 Å². The highest BCUT2D eigenvalue weighted by Crippen LogP contribution is 2.19. The van der Waals surface area contributed by atoms with Crippen molar-refractivity contribution in [3.63, 3.8) is 0 Å². The first-order chi connectivity index (χ1) is 25.0. The van der Waals surface area contributed by atoms with Crippen LogP contribution in [-0.4, -0.2) is 71.5 Å². The molecule has 0 fully saturated rings. The summed E-state index contributed by atoms with van der Waals surface area (Å²) < 4.78 is 0. The third-order valence-electron chi connectivity index (χ3n) is 8.50. The number of hydrogen-bond donors (Lipinski definition) is 5. The Morgan fingerprint density at radius 1 is 0.731 bits per heavy atom. The van der Waals surface area contributed by atoms with E-state index in [1.807, 2.05) is 31.2 Å². The fourth-order valence-electron chi connectivity index (χ4n) is 5.08. The van der Waals surface area contributed by atoms with Gasteiger partial charge in [-0.15, -0.1) is 0 Å². The van der Waals surface area contributed by atoms with Gasteiger partial charge in [-0.25, -0.2) is 0 Å². The zero-order valence-electron chi connectivity index (χ0n) is 31.8. The van der Waals surface area contributed by atoms with E-state index in [1.54, 1.807) is 4.90 Å². The molecule has 0 heterocycles. The number of hydroxylamine groups is 2. The van der Waals surface area contributed by atoms with Crippen LogP contribution in [0.25, 0.3) is 0 Å². The number of unbranched alkanes of at least 4 members (excludes halogenated alkanes) is 6. The minimum absolute atomic E-state index is 0.566. The van der Waals surface area contributed by atoms with Crippen LogP contribution in [0.4, 0.5) is 5.69 Å². The minimum atomic E-state index is 0.566. The number of rotatable bonds is 31. The lowest BCUT2D eigenvalue weighted by molar-refractivity contribution is -0.0589. The third-order valence-corrected chi connectivity index (χ3v) is 9.35. The molecule has 0 aliphatic rings. The van der Waals surface area contributed by atoms with Crippen LogP contribution >= 0.6 is 24.0 Å². The number of hydrogen-bond acceptors (Lipinski definition) is 10. The summed E-state index contributed by atoms with van der Waals surface area (Å²) in [5.41, 5.74) is 5.48. The number of benzene rings is 1. The van der Waals surface area contributed by atoms with Crippen molar-refractivity contribution in [2.24, 2.45) is 0 Å². The number of nitriles is 2. The molecule has 0 spiro atoms. The standard InChI is InChI=1S/C40H63N9OS2/c1-33(2)48(31-41)29-15-9-11-25-44-35(4)18-20-37(6)49(50)30-16-10-12-26-43-34(3)17-19-36(5)47(7)28-14-8-13-27-45-40(51)46-38-21-23-39(24-22-38)52-32-42/h21-24,43-44,50H,1,3-6,8-20,25-30H2,2,7H3,(H2,45,46,51). The summed E-state index contributed by atoms with van der Waals surface area (Å²) in [6, 6.07) is 7.63. The number of nitrogens with zero attached hydrogens (tertiary/aromatic N) is 5. The van der Waals surface area contributed by atoms with Crippen molar-refractivity contribution in [1.82, 2.24) is 30.8 Å². The first-order valence-corrected chi connectivity index (χ1v) is 19.6. The summed E-state index contributed by atoms with van der Waals surface area (Å²) in [7, 11) is 2.10. The Labute approximate surface area is 324 Å². The zero-order valence-corrected chi connectivity index (χ0v) is 33.4. The lowest BCUT2D eigenvalue weighted by Gasteiger charge is -2.22. The zero-order chi connectivity index (χ0) is 38.6. The van der Waals surface area contributed by atoms with E-state index < -0.39 is 0 Å². The van der Waals surface area contributed by atoms with Crippen LogP contribution in [0.2, 0.25) is 0 Å². The molecule has 0 unspecified atom stereocenters. The molecule has 0 saturated carbocycles. The number of anilines is 1. The molecule has 52 heavy (non-hydrogen) atoms. The monoisotopic (exact) mass is 749 g/mol. The first-order valence-electron chi connectivity index (χ1n) is 18.4. The number of allylic oxidation sites excluding steroid dienone is 5. The van der Waals surface area contributed by atoms with Gasteiger partial charge >= 0.3 is 0 Å². The van der Waals surface area contributed by atoms with E-state index in [4.69, 9.17) is 22.7 Å². The number of thioether (sulfide) groups is 1. The van der Waals surface area contributed by atoms with Crippen LogP contribution in [0.15, 0.2) is 90.5 Å². The second kappa shape index (κ2) is 28.5. The Balaban J connectivity index is 2.02. The molecule has 1 aromatic rings. The molecule has 0 amide bonds. The summed E-state index contributed by atoms with van der Waals surface area (Å²) >= 11 is 6.53. The average molecular weight is 750 g/mol. The van der Waals surface area contributed by atoms with Gasteiger partial charge in [0.05, 0.1) is 0 Å². The number of thiocarbonyl (C=S) groups is 1. The van der Waals surface area contributed by atoms with E-state index >= 15 is 0 Å². The van der Waals surface area contributed by atoms with Crippen LogP contribution in [-0.2, 0) is 0 Å². The largest absolute Gasteiger partial charge is 0.389 e. The summed E-state index contributed by atoms with van der Waals surface area (Å²) in [4.78, 5) is 4.77. The van der Waals surface area contributed by atoms with Gasteiger partial charge in [0.1, 0.15) is 5.40 Å². The second-order valence-electron chi connectivity index (χ2n) is 13.0. The highest BCUT2D eigenvalue weighted by molar-refractivity contribution is 8.03. The van der Waals surface area contributed by atoms with Crippen LogP contribution in [0, 0.1) is 22.1 Å². The molecule has 0 aliphatic carbocycles. The smallest absolute Gasteiger partial charge is 0.183 e. The lowest BCUT2D eigenvalue weighted by Crippen LogP contribution is -2.29. The fourth-order valence-corrected chi connectivity index (χ4v) is 5.68. The number of thiocyanates is 1. The molecule has 286 valence electrons. The Morgan fingerprint density at radius 2 is 1.25 bits per heavy atom. The van der Waals surface area contributed by atoms with Crippen molar-refractivity contribution in [2.75, 3.05) is 51.6 Å². The van der Waals surface area contributed by atoms with Gasteiger partial charge in [-0.3, -0.25) is 15.2 Å². The quantitative estimate of drug-likeness (QED) is 0.0124. The third kappa shape index (κ3) is 22.7. The average Bonchev–Trinajstić information content (AvgIpc) is 3.12. The normalized spacial score (nSPS) is 10.2. The minimum Gasteiger partial charge on any atom is -0.389 e. The SMILES string of the molecule is C=C(CCC(=C)N(C)CCCCCNC(=S)Nc1ccc(SC#N)cc1)NCCCCCN(O)C(=C)CCC(=C)NCCCCCN(C#N)C(=C)C. The Kier molecular flexibility index (Phi) is 25.2. The van der Waals surface area contributed by atoms with Gasteiger partial charge in [0, 0.05) is 85.4 Å². The van der Waals surface area contributed by atoms with E-state index in [2.05, 4.69) is 77.7 Å². The Bertz CT molecular complexity index is 1350. The molecular weight excluding hydrogens is 687 g/mol. The maximum atomic E-state index is 10.4. The van der Waals surface area contributed by atoms with Crippen molar-refractivity contribution >= 4 is 34.8 Å². The fraction of sp³-hybridized carbons (Fsp3) is 0.525. The van der Waals surface area contributed by atoms with Crippen molar-refractivity contribution in [1.29, 1.82) is 10.5 Å². The van der Waals surface area contributed by atoms with Crippen molar-refractivity contribution in [2.45, 2.75) is 95.3 Å². The molecule has 5 N–H and O–H groups in total. The molecule has 12 heteroatoms. The van der Waals surface area contributed by atoms with E-state index in [0.29, 0.717) is 30.3 Å². The van der Waals surface area contributed by atoms with Crippen molar-refractivity contribution in [3.8, 4) is 11.6 Å². The molecular formula is C40H63N9OS2. The maximum Gasteiger partial charge on any atom is 0.183 e. The first kappa shape index (κ1) is 45.9. The molecule has 0 aliphatic heterocycles. The van der Waals surface area contributed by atoms with Gasteiger partial charge in [-0.2, -0.15) is 10.5 Å². The summed E-state index contributed by atoms with van der Waals surface area (Å²) in [6.07, 6.45) is 14.4. The molecule has 1 rings (SSSR count). The summed E-state index contributed by atoms with van der Waals surface area (Å²) in [5.74, 6) is 0. The Hall–Kier alpha value is -4.10. The second-order valence-corrected chi connectivity index (χ2v) is 14.3. The van der Waals surface area contributed by atoms with E-state index in [1.165, 1.54) is 5.06 Å². The molecule has 0 atom stereocenters. The molecule has 0 aromatic heterocycles. The predicted octanol–water partition coefficient (Wildman–Crippen LogP) is 8.79. The highest BCUT2D eigenvalue weighted by Gasteiger charge is 2.07. The van der Waals surface area contributed by atoms with Crippen LogP contribution in [0.5, 0.6) is 0 Å². The van der Waals surface area contributed by atoms with E-state index in [-0.39, 0.29) is 0 Å². The van der Waals surface area contributed by atoms with Crippen LogP contribution < -0.4 is 21.3 Å². The van der Waals surface area contributed by atoms with Gasteiger partial charge in [0.25, 0.3) is 0 Å². The number of nitrogens with one attached hydrogen (secondary N) is 4. The van der Waals surface area contributed by atoms with Gasteiger partial charge in [-0.05, 0) is 139 Å². The molecule has 0 radical (unpaired) electrons. The van der Waals surface area contributed by atoms with Crippen LogP contribution in [0.3, 0.4) is 0 Å². The van der Waals surface area contributed by atoms with Crippen LogP contribution in [0.1, 0.15) is 90.4 Å². The molecule has 1 aromatic carbocycles. The topological polar surface area (TPSA) is 126 Å². The van der Waals surface area contributed by atoms with Crippen molar-refractivity contribution < 1.29 is 5.21 Å². The van der Waals surface area contributed by atoms with E-state index in [9.17, 15) is 5.21 Å². The molecule has 0 saturated heterocycles. The summed E-state index contributed by atoms with van der Waals surface area (Å²) in [6.45, 7) is 27.0. The van der Waals surface area contributed by atoms with Crippen molar-refractivity contribution in [3.05, 3.63) is 85.6 Å². The van der Waals surface area contributed by atoms with Gasteiger partial charge in [0.2, 0.25) is 0 Å². The maximum absolute atomic E-state index is 10.4.